The first-order chi connectivity index (χ1) is 8.42. The summed E-state index contributed by atoms with van der Waals surface area (Å²) in [6, 6.07) is 1.17. The first kappa shape index (κ1) is 14.0. The van der Waals surface area contributed by atoms with E-state index in [2.05, 4.69) is 0 Å². The molecule has 0 saturated heterocycles. The zero-order chi connectivity index (χ0) is 13.7. The van der Waals surface area contributed by atoms with E-state index in [-0.39, 0.29) is 12.0 Å². The summed E-state index contributed by atoms with van der Waals surface area (Å²) < 4.78 is 25.7. The largest absolute Gasteiger partial charge is 0.480 e. The summed E-state index contributed by atoms with van der Waals surface area (Å²) >= 11 is 0. The van der Waals surface area contributed by atoms with Gasteiger partial charge in [0.2, 0.25) is 5.91 Å². The van der Waals surface area contributed by atoms with Gasteiger partial charge >= 0.3 is 5.97 Å². The lowest BCUT2D eigenvalue weighted by Gasteiger charge is -2.11. The predicted molar refractivity (Wildman–Crippen MR) is 56.7 cm³/mol. The summed E-state index contributed by atoms with van der Waals surface area (Å²) in [5.74, 6) is -3.79. The second-order valence-corrected chi connectivity index (χ2v) is 3.60. The van der Waals surface area contributed by atoms with Gasteiger partial charge in [0.25, 0.3) is 0 Å². The van der Waals surface area contributed by atoms with Crippen LogP contribution in [0.25, 0.3) is 0 Å². The molecule has 0 fully saturated rings. The number of halogens is 2. The van der Waals surface area contributed by atoms with Crippen LogP contribution in [-0.4, -0.2) is 34.7 Å². The molecular weight excluding hydrogens is 248 g/mol. The van der Waals surface area contributed by atoms with Crippen LogP contribution in [0.1, 0.15) is 5.56 Å². The third-order valence-corrected chi connectivity index (χ3v) is 2.10. The lowest BCUT2D eigenvalue weighted by molar-refractivity contribution is -0.142. The molecule has 1 amide bonds. The van der Waals surface area contributed by atoms with E-state index in [0.717, 1.165) is 12.1 Å². The molecule has 0 aromatic heterocycles. The molecule has 0 heterocycles. The fourth-order valence-corrected chi connectivity index (χ4v) is 1.33. The highest BCUT2D eigenvalue weighted by atomic mass is 19.1. The van der Waals surface area contributed by atoms with Gasteiger partial charge in [-0.1, -0.05) is 0 Å². The monoisotopic (exact) mass is 259 g/mol. The molecule has 1 rings (SSSR count). The Morgan fingerprint density at radius 2 is 1.78 bits per heavy atom. The van der Waals surface area contributed by atoms with E-state index in [1.807, 2.05) is 5.32 Å². The van der Waals surface area contributed by atoms with Gasteiger partial charge in [0.1, 0.15) is 17.7 Å². The molecule has 0 radical (unpaired) electrons. The second-order valence-electron chi connectivity index (χ2n) is 3.60. The summed E-state index contributed by atoms with van der Waals surface area (Å²) in [7, 11) is 0. The van der Waals surface area contributed by atoms with E-state index >= 15 is 0 Å². The minimum absolute atomic E-state index is 0.0760. The number of carboxylic acid groups (broad SMARTS) is 1. The van der Waals surface area contributed by atoms with Crippen molar-refractivity contribution in [2.45, 2.75) is 12.5 Å². The number of carbonyl (C=O) groups is 2. The summed E-state index contributed by atoms with van der Waals surface area (Å²) in [5, 5.41) is 19.3. The van der Waals surface area contributed by atoms with Crippen molar-refractivity contribution in [3.8, 4) is 0 Å². The first-order valence-corrected chi connectivity index (χ1v) is 5.00. The maximum absolute atomic E-state index is 12.8. The van der Waals surface area contributed by atoms with Crippen molar-refractivity contribution >= 4 is 11.9 Å². The maximum Gasteiger partial charge on any atom is 0.328 e. The predicted octanol–water partition coefficient (Wildman–Crippen LogP) is 0.0690. The molecule has 0 saturated carbocycles. The molecule has 0 bridgehead atoms. The second kappa shape index (κ2) is 6.06. The molecule has 1 atom stereocenters. The van der Waals surface area contributed by atoms with Gasteiger partial charge < -0.3 is 15.5 Å². The van der Waals surface area contributed by atoms with Crippen LogP contribution < -0.4 is 5.32 Å². The van der Waals surface area contributed by atoms with Crippen molar-refractivity contribution in [2.75, 3.05) is 6.61 Å². The Labute approximate surface area is 101 Å². The molecular formula is C11H11F2NO4. The van der Waals surface area contributed by atoms with E-state index in [1.165, 1.54) is 0 Å². The van der Waals surface area contributed by atoms with Gasteiger partial charge in [0, 0.05) is 6.07 Å². The van der Waals surface area contributed by atoms with Crippen LogP contribution in [0.4, 0.5) is 8.78 Å². The number of hydrogen-bond acceptors (Lipinski definition) is 3. The SMILES string of the molecule is O=C(Cc1cc(F)cc(F)c1)N[C@H](CO)C(=O)O. The van der Waals surface area contributed by atoms with Crippen molar-refractivity contribution in [3.05, 3.63) is 35.4 Å². The number of benzene rings is 1. The van der Waals surface area contributed by atoms with E-state index in [4.69, 9.17) is 10.2 Å². The number of rotatable bonds is 5. The summed E-state index contributed by atoms with van der Waals surface area (Å²) in [4.78, 5) is 21.9. The van der Waals surface area contributed by atoms with E-state index < -0.39 is 36.2 Å². The maximum atomic E-state index is 12.8. The quantitative estimate of drug-likeness (QED) is 0.698. The van der Waals surface area contributed by atoms with Crippen LogP contribution in [0, 0.1) is 11.6 Å². The third kappa shape index (κ3) is 4.10. The molecule has 1 aromatic rings. The highest BCUT2D eigenvalue weighted by Crippen LogP contribution is 2.08. The van der Waals surface area contributed by atoms with Crippen LogP contribution in [0.2, 0.25) is 0 Å². The van der Waals surface area contributed by atoms with Crippen LogP contribution in [0.3, 0.4) is 0 Å². The number of carboxylic acids is 1. The van der Waals surface area contributed by atoms with E-state index in [1.54, 1.807) is 0 Å². The molecule has 18 heavy (non-hydrogen) atoms. The molecule has 0 unspecified atom stereocenters. The number of hydrogen-bond donors (Lipinski definition) is 3. The summed E-state index contributed by atoms with van der Waals surface area (Å²) in [5.41, 5.74) is 0.0760. The highest BCUT2D eigenvalue weighted by molar-refractivity contribution is 5.84. The van der Waals surface area contributed by atoms with E-state index in [9.17, 15) is 18.4 Å². The Balaban J connectivity index is 2.67. The van der Waals surface area contributed by atoms with Gasteiger partial charge in [-0.2, -0.15) is 0 Å². The number of aliphatic hydroxyl groups excluding tert-OH is 1. The van der Waals surface area contributed by atoms with Crippen molar-refractivity contribution in [1.82, 2.24) is 5.32 Å². The molecule has 5 nitrogen and oxygen atoms in total. The molecule has 0 aliphatic heterocycles. The number of aliphatic hydroxyl groups is 1. The lowest BCUT2D eigenvalue weighted by atomic mass is 10.1. The zero-order valence-corrected chi connectivity index (χ0v) is 9.19. The average Bonchev–Trinajstić information content (AvgIpc) is 2.23. The first-order valence-electron chi connectivity index (χ1n) is 5.00. The topological polar surface area (TPSA) is 86.6 Å². The molecule has 3 N–H and O–H groups in total. The van der Waals surface area contributed by atoms with Gasteiger partial charge in [0.05, 0.1) is 13.0 Å². The van der Waals surface area contributed by atoms with Crippen LogP contribution >= 0.6 is 0 Å². The van der Waals surface area contributed by atoms with Crippen molar-refractivity contribution in [1.29, 1.82) is 0 Å². The summed E-state index contributed by atoms with van der Waals surface area (Å²) in [6.07, 6.45) is -0.377. The van der Waals surface area contributed by atoms with Gasteiger partial charge in [0.15, 0.2) is 0 Å². The van der Waals surface area contributed by atoms with Crippen molar-refractivity contribution in [3.63, 3.8) is 0 Å². The number of amides is 1. The van der Waals surface area contributed by atoms with Crippen molar-refractivity contribution in [2.24, 2.45) is 0 Å². The minimum atomic E-state index is -1.43. The van der Waals surface area contributed by atoms with E-state index in [0.29, 0.717) is 6.07 Å². The fraction of sp³-hybridized carbons (Fsp3) is 0.273. The standard InChI is InChI=1S/C11H11F2NO4/c12-7-1-6(2-8(13)4-7)3-10(16)14-9(5-15)11(17)18/h1-2,4,9,15H,3,5H2,(H,14,16)(H,17,18)/t9-/m1/s1. The highest BCUT2D eigenvalue weighted by Gasteiger charge is 2.18. The Bertz CT molecular complexity index is 444. The zero-order valence-electron chi connectivity index (χ0n) is 9.19. The average molecular weight is 259 g/mol. The smallest absolute Gasteiger partial charge is 0.328 e. The van der Waals surface area contributed by atoms with Gasteiger partial charge in [-0.25, -0.2) is 13.6 Å². The Morgan fingerprint density at radius 1 is 1.22 bits per heavy atom. The fourth-order valence-electron chi connectivity index (χ4n) is 1.33. The molecule has 0 aliphatic carbocycles. The molecule has 0 spiro atoms. The molecule has 0 aliphatic rings. The summed E-state index contributed by atoms with van der Waals surface area (Å²) in [6.45, 7) is -0.765. The Hall–Kier alpha value is -2.02. The van der Waals surface area contributed by atoms with Gasteiger partial charge in [-0.3, -0.25) is 4.79 Å². The number of aliphatic carboxylic acids is 1. The van der Waals surface area contributed by atoms with Crippen LogP contribution in [-0.2, 0) is 16.0 Å². The third-order valence-electron chi connectivity index (χ3n) is 2.10. The van der Waals surface area contributed by atoms with Gasteiger partial charge in [-0.15, -0.1) is 0 Å². The Morgan fingerprint density at radius 3 is 2.22 bits per heavy atom. The van der Waals surface area contributed by atoms with Crippen LogP contribution in [0.15, 0.2) is 18.2 Å². The minimum Gasteiger partial charge on any atom is -0.480 e. The van der Waals surface area contributed by atoms with Gasteiger partial charge in [-0.05, 0) is 17.7 Å². The van der Waals surface area contributed by atoms with Crippen molar-refractivity contribution < 1.29 is 28.6 Å². The lowest BCUT2D eigenvalue weighted by Crippen LogP contribution is -2.43. The molecule has 98 valence electrons. The number of nitrogens with one attached hydrogen (secondary N) is 1. The van der Waals surface area contributed by atoms with Crippen LogP contribution in [0.5, 0.6) is 0 Å². The molecule has 7 heteroatoms. The molecule has 1 aromatic carbocycles. The Kier molecular flexibility index (Phi) is 4.73. The normalized spacial score (nSPS) is 11.9. The number of carbonyl (C=O) groups excluding carboxylic acids is 1.